The Labute approximate surface area is 90.2 Å². The van der Waals surface area contributed by atoms with E-state index in [0.29, 0.717) is 17.9 Å². The molecule has 0 amide bonds. The summed E-state index contributed by atoms with van der Waals surface area (Å²) in [5.41, 5.74) is 0.324. The monoisotopic (exact) mass is 260 g/mol. The van der Waals surface area contributed by atoms with E-state index >= 15 is 0 Å². The second kappa shape index (κ2) is 5.10. The number of Topliss-reactive ketones (excluding diaryl/α,β-unsaturated/α-hetero) is 1. The molecule has 14 heavy (non-hydrogen) atoms. The van der Waals surface area contributed by atoms with Crippen molar-refractivity contribution in [2.45, 2.75) is 6.92 Å². The van der Waals surface area contributed by atoms with Crippen molar-refractivity contribution < 1.29 is 13.9 Å². The Bertz CT molecular complexity index is 339. The third-order valence-electron chi connectivity index (χ3n) is 1.63. The first-order valence-corrected chi connectivity index (χ1v) is 5.32. The second-order valence-electron chi connectivity index (χ2n) is 2.67. The Hall–Kier alpha value is -0.900. The van der Waals surface area contributed by atoms with Gasteiger partial charge in [-0.05, 0) is 19.1 Å². The number of hydrogen-bond acceptors (Lipinski definition) is 2. The maximum Gasteiger partial charge on any atom is 0.173 e. The molecule has 2 nitrogen and oxygen atoms in total. The van der Waals surface area contributed by atoms with E-state index in [1.54, 1.807) is 6.92 Å². The highest BCUT2D eigenvalue weighted by Crippen LogP contribution is 2.17. The largest absolute Gasteiger partial charge is 0.494 e. The van der Waals surface area contributed by atoms with Crippen LogP contribution < -0.4 is 4.74 Å². The zero-order valence-electron chi connectivity index (χ0n) is 7.72. The fraction of sp³-hybridized carbons (Fsp3) is 0.300. The predicted molar refractivity (Wildman–Crippen MR) is 55.7 cm³/mol. The third kappa shape index (κ3) is 2.80. The molecule has 0 aliphatic carbocycles. The summed E-state index contributed by atoms with van der Waals surface area (Å²) in [5.74, 6) is -0.234. The molecule has 0 unspecified atom stereocenters. The molecule has 4 heteroatoms. The SMILES string of the molecule is CCOc1cc(F)cc(C(=O)CBr)c1. The van der Waals surface area contributed by atoms with Crippen molar-refractivity contribution >= 4 is 21.7 Å². The van der Waals surface area contributed by atoms with Gasteiger partial charge in [0.1, 0.15) is 11.6 Å². The second-order valence-corrected chi connectivity index (χ2v) is 3.23. The summed E-state index contributed by atoms with van der Waals surface area (Å²) in [5, 5.41) is 0.183. The topological polar surface area (TPSA) is 26.3 Å². The third-order valence-corrected chi connectivity index (χ3v) is 2.13. The predicted octanol–water partition coefficient (Wildman–Crippen LogP) is 2.80. The van der Waals surface area contributed by atoms with Crippen molar-refractivity contribution in [3.05, 3.63) is 29.6 Å². The van der Waals surface area contributed by atoms with Gasteiger partial charge in [-0.1, -0.05) is 15.9 Å². The van der Waals surface area contributed by atoms with Gasteiger partial charge in [-0.3, -0.25) is 4.79 Å². The van der Waals surface area contributed by atoms with Crippen molar-refractivity contribution in [3.63, 3.8) is 0 Å². The van der Waals surface area contributed by atoms with Gasteiger partial charge < -0.3 is 4.74 Å². The molecule has 0 bridgehead atoms. The summed E-state index contributed by atoms with van der Waals surface area (Å²) < 4.78 is 18.1. The minimum atomic E-state index is -0.458. The molecule has 0 aliphatic rings. The molecule has 1 rings (SSSR count). The molecular weight excluding hydrogens is 251 g/mol. The first kappa shape index (κ1) is 11.2. The minimum Gasteiger partial charge on any atom is -0.494 e. The molecular formula is C10H10BrFO2. The minimum absolute atomic E-state index is 0.162. The lowest BCUT2D eigenvalue weighted by Crippen LogP contribution is -2.02. The molecule has 0 heterocycles. The van der Waals surface area contributed by atoms with Crippen LogP contribution in [0.5, 0.6) is 5.75 Å². The van der Waals surface area contributed by atoms with E-state index in [1.807, 2.05) is 0 Å². The van der Waals surface area contributed by atoms with Crippen LogP contribution >= 0.6 is 15.9 Å². The van der Waals surface area contributed by atoms with Crippen LogP contribution in [0.2, 0.25) is 0 Å². The van der Waals surface area contributed by atoms with Gasteiger partial charge >= 0.3 is 0 Å². The molecule has 1 aromatic carbocycles. The van der Waals surface area contributed by atoms with Crippen LogP contribution in [0.3, 0.4) is 0 Å². The molecule has 0 aliphatic heterocycles. The Morgan fingerprint density at radius 3 is 2.79 bits per heavy atom. The number of benzene rings is 1. The molecule has 0 fully saturated rings. The summed E-state index contributed by atoms with van der Waals surface area (Å²) >= 11 is 3.03. The molecule has 0 spiro atoms. The maximum absolute atomic E-state index is 13.0. The molecule has 0 N–H and O–H groups in total. The van der Waals surface area contributed by atoms with E-state index < -0.39 is 5.82 Å². The normalized spacial score (nSPS) is 9.93. The molecule has 0 radical (unpaired) electrons. The van der Waals surface area contributed by atoms with E-state index in [9.17, 15) is 9.18 Å². The van der Waals surface area contributed by atoms with Gasteiger partial charge in [-0.2, -0.15) is 0 Å². The van der Waals surface area contributed by atoms with E-state index in [0.717, 1.165) is 0 Å². The number of carbonyl (C=O) groups excluding carboxylic acids is 1. The fourth-order valence-corrected chi connectivity index (χ4v) is 1.37. The van der Waals surface area contributed by atoms with Gasteiger partial charge in [0, 0.05) is 11.6 Å². The highest BCUT2D eigenvalue weighted by Gasteiger charge is 2.07. The van der Waals surface area contributed by atoms with Crippen molar-refractivity contribution in [3.8, 4) is 5.75 Å². The summed E-state index contributed by atoms with van der Waals surface area (Å²) in [6.07, 6.45) is 0. The molecule has 1 aromatic rings. The lowest BCUT2D eigenvalue weighted by molar-refractivity contribution is 0.102. The molecule has 0 atom stereocenters. The van der Waals surface area contributed by atoms with Gasteiger partial charge in [-0.15, -0.1) is 0 Å². The van der Waals surface area contributed by atoms with Crippen LogP contribution in [-0.4, -0.2) is 17.7 Å². The first-order chi connectivity index (χ1) is 6.67. The van der Waals surface area contributed by atoms with E-state index in [2.05, 4.69) is 15.9 Å². The van der Waals surface area contributed by atoms with Crippen molar-refractivity contribution in [1.29, 1.82) is 0 Å². The Balaban J connectivity index is 3.00. The zero-order chi connectivity index (χ0) is 10.6. The highest BCUT2D eigenvalue weighted by molar-refractivity contribution is 9.09. The van der Waals surface area contributed by atoms with Gasteiger partial charge in [0.15, 0.2) is 5.78 Å². The van der Waals surface area contributed by atoms with Crippen molar-refractivity contribution in [2.75, 3.05) is 11.9 Å². The number of halogens is 2. The van der Waals surface area contributed by atoms with Crippen LogP contribution in [0.25, 0.3) is 0 Å². The fourth-order valence-electron chi connectivity index (χ4n) is 1.05. The van der Waals surface area contributed by atoms with Crippen LogP contribution in [0, 0.1) is 5.82 Å². The van der Waals surface area contributed by atoms with E-state index in [4.69, 9.17) is 4.74 Å². The molecule has 0 aromatic heterocycles. The number of hydrogen-bond donors (Lipinski definition) is 0. The Morgan fingerprint density at radius 2 is 2.21 bits per heavy atom. The lowest BCUT2D eigenvalue weighted by atomic mass is 10.1. The number of carbonyl (C=O) groups is 1. The standard InChI is InChI=1S/C10H10BrFO2/c1-2-14-9-4-7(10(13)6-11)3-8(12)5-9/h3-5H,2,6H2,1H3. The maximum atomic E-state index is 13.0. The van der Waals surface area contributed by atoms with Crippen LogP contribution in [0.15, 0.2) is 18.2 Å². The number of rotatable bonds is 4. The zero-order valence-corrected chi connectivity index (χ0v) is 9.30. The Kier molecular flexibility index (Phi) is 4.07. The number of alkyl halides is 1. The molecule has 0 saturated heterocycles. The summed E-state index contributed by atoms with van der Waals surface area (Å²) in [6, 6.07) is 4.00. The quantitative estimate of drug-likeness (QED) is 0.615. The van der Waals surface area contributed by atoms with E-state index in [-0.39, 0.29) is 11.1 Å². The van der Waals surface area contributed by atoms with Crippen molar-refractivity contribution in [1.82, 2.24) is 0 Å². The average Bonchev–Trinajstić information content (AvgIpc) is 2.16. The van der Waals surface area contributed by atoms with Crippen LogP contribution in [0.4, 0.5) is 4.39 Å². The highest BCUT2D eigenvalue weighted by atomic mass is 79.9. The van der Waals surface area contributed by atoms with Crippen LogP contribution in [-0.2, 0) is 0 Å². The smallest absolute Gasteiger partial charge is 0.173 e. The van der Waals surface area contributed by atoms with Crippen molar-refractivity contribution in [2.24, 2.45) is 0 Å². The Morgan fingerprint density at radius 1 is 1.50 bits per heavy atom. The van der Waals surface area contributed by atoms with E-state index in [1.165, 1.54) is 18.2 Å². The van der Waals surface area contributed by atoms with Crippen LogP contribution in [0.1, 0.15) is 17.3 Å². The molecule has 76 valence electrons. The lowest BCUT2D eigenvalue weighted by Gasteiger charge is -2.05. The van der Waals surface area contributed by atoms with Gasteiger partial charge in [0.25, 0.3) is 0 Å². The summed E-state index contributed by atoms with van der Waals surface area (Å²) in [4.78, 5) is 11.3. The van der Waals surface area contributed by atoms with Gasteiger partial charge in [-0.25, -0.2) is 4.39 Å². The number of ketones is 1. The summed E-state index contributed by atoms with van der Waals surface area (Å²) in [6.45, 7) is 2.25. The first-order valence-electron chi connectivity index (χ1n) is 4.20. The average molecular weight is 261 g/mol. The summed E-state index contributed by atoms with van der Waals surface area (Å²) in [7, 11) is 0. The van der Waals surface area contributed by atoms with Gasteiger partial charge in [0.2, 0.25) is 0 Å². The van der Waals surface area contributed by atoms with Gasteiger partial charge in [0.05, 0.1) is 11.9 Å². The molecule has 0 saturated carbocycles. The number of ether oxygens (including phenoxy) is 1.